The zero-order chi connectivity index (χ0) is 15.3. The highest BCUT2D eigenvalue weighted by Gasteiger charge is 2.59. The number of likely N-dealkylation sites (tertiary alicyclic amines) is 1. The summed E-state index contributed by atoms with van der Waals surface area (Å²) in [7, 11) is 0. The fourth-order valence-electron chi connectivity index (χ4n) is 4.25. The van der Waals surface area contributed by atoms with Crippen molar-refractivity contribution in [1.82, 2.24) is 4.90 Å². The van der Waals surface area contributed by atoms with Crippen LogP contribution in [0.5, 0.6) is 0 Å². The van der Waals surface area contributed by atoms with Gasteiger partial charge in [-0.25, -0.2) is 0 Å². The standard InChI is InChI=1S/C17H21NO3S/c19-15(12-10-22-14-4-2-1-3-11(12)14)18-7-5-17(6-8-18)9-13(17)16(20)21/h10,13H,1-9H2,(H,20,21). The maximum atomic E-state index is 12.8. The van der Waals surface area contributed by atoms with Gasteiger partial charge in [0.05, 0.1) is 11.5 Å². The van der Waals surface area contributed by atoms with Crippen LogP contribution in [0.2, 0.25) is 0 Å². The number of carboxylic acid groups (broad SMARTS) is 1. The predicted octanol–water partition coefficient (Wildman–Crippen LogP) is 2.95. The molecule has 2 fully saturated rings. The summed E-state index contributed by atoms with van der Waals surface area (Å²) >= 11 is 1.74. The largest absolute Gasteiger partial charge is 0.481 e. The van der Waals surface area contributed by atoms with Crippen molar-refractivity contribution in [3.63, 3.8) is 0 Å². The summed E-state index contributed by atoms with van der Waals surface area (Å²) in [4.78, 5) is 27.3. The summed E-state index contributed by atoms with van der Waals surface area (Å²) in [5, 5.41) is 11.2. The summed E-state index contributed by atoms with van der Waals surface area (Å²) in [5.74, 6) is -0.660. The minimum absolute atomic E-state index is 0.00329. The second-order valence-electron chi connectivity index (χ2n) is 7.01. The molecule has 1 aromatic heterocycles. The third kappa shape index (κ3) is 2.18. The first-order valence-corrected chi connectivity index (χ1v) is 9.10. The van der Waals surface area contributed by atoms with Gasteiger partial charge in [0.15, 0.2) is 0 Å². The molecule has 4 rings (SSSR count). The lowest BCUT2D eigenvalue weighted by molar-refractivity contribution is -0.139. The SMILES string of the molecule is O=C(O)C1CC12CCN(C(=O)c1csc3c1CCCC3)CC2. The van der Waals surface area contributed by atoms with Crippen molar-refractivity contribution in [3.05, 3.63) is 21.4 Å². The van der Waals surface area contributed by atoms with Gasteiger partial charge in [-0.1, -0.05) is 0 Å². The molecule has 2 heterocycles. The summed E-state index contributed by atoms with van der Waals surface area (Å²) < 4.78 is 0. The van der Waals surface area contributed by atoms with Crippen molar-refractivity contribution >= 4 is 23.2 Å². The lowest BCUT2D eigenvalue weighted by Crippen LogP contribution is -2.40. The molecule has 118 valence electrons. The summed E-state index contributed by atoms with van der Waals surface area (Å²) in [6, 6.07) is 0. The second kappa shape index (κ2) is 5.08. The molecular weight excluding hydrogens is 298 g/mol. The fraction of sp³-hybridized carbons (Fsp3) is 0.647. The lowest BCUT2D eigenvalue weighted by atomic mass is 9.90. The topological polar surface area (TPSA) is 57.6 Å². The Hall–Kier alpha value is -1.36. The predicted molar refractivity (Wildman–Crippen MR) is 84.3 cm³/mol. The third-order valence-corrected chi connectivity index (χ3v) is 6.91. The van der Waals surface area contributed by atoms with Crippen LogP contribution < -0.4 is 0 Å². The van der Waals surface area contributed by atoms with Crippen molar-refractivity contribution in [2.45, 2.75) is 44.9 Å². The van der Waals surface area contributed by atoms with E-state index in [1.165, 1.54) is 23.3 Å². The molecule has 1 unspecified atom stereocenters. The monoisotopic (exact) mass is 319 g/mol. The highest BCUT2D eigenvalue weighted by Crippen LogP contribution is 2.59. The quantitative estimate of drug-likeness (QED) is 0.912. The van der Waals surface area contributed by atoms with Crippen LogP contribution >= 0.6 is 11.3 Å². The molecule has 1 saturated heterocycles. The summed E-state index contributed by atoms with van der Waals surface area (Å²) in [6.07, 6.45) is 7.09. The number of piperidine rings is 1. The van der Waals surface area contributed by atoms with E-state index in [9.17, 15) is 9.59 Å². The number of hydrogen-bond donors (Lipinski definition) is 1. The molecule has 1 saturated carbocycles. The number of fused-ring (bicyclic) bond motifs is 1. The molecule has 1 atom stereocenters. The average Bonchev–Trinajstić information content (AvgIpc) is 3.06. The van der Waals surface area contributed by atoms with Crippen LogP contribution in [0.1, 0.15) is 52.9 Å². The number of amides is 1. The van der Waals surface area contributed by atoms with Crippen LogP contribution in [0.25, 0.3) is 0 Å². The van der Waals surface area contributed by atoms with E-state index >= 15 is 0 Å². The molecule has 5 heteroatoms. The van der Waals surface area contributed by atoms with E-state index in [1.54, 1.807) is 11.3 Å². The number of aliphatic carboxylic acids is 1. The molecule has 0 aromatic carbocycles. The van der Waals surface area contributed by atoms with Crippen molar-refractivity contribution < 1.29 is 14.7 Å². The normalized spacial score (nSPS) is 25.8. The smallest absolute Gasteiger partial charge is 0.307 e. The molecule has 1 aromatic rings. The zero-order valence-electron chi connectivity index (χ0n) is 12.6. The number of nitrogens with zero attached hydrogens (tertiary/aromatic N) is 1. The number of carbonyl (C=O) groups excluding carboxylic acids is 1. The molecule has 3 aliphatic rings. The molecule has 0 radical (unpaired) electrons. The average molecular weight is 319 g/mol. The van der Waals surface area contributed by atoms with Gasteiger partial charge in [-0.15, -0.1) is 11.3 Å². The number of aryl methyl sites for hydroxylation is 1. The first kappa shape index (κ1) is 14.2. The van der Waals surface area contributed by atoms with Crippen LogP contribution in [0.3, 0.4) is 0 Å². The molecule has 0 bridgehead atoms. The zero-order valence-corrected chi connectivity index (χ0v) is 13.5. The van der Waals surface area contributed by atoms with E-state index in [0.717, 1.165) is 37.7 Å². The maximum Gasteiger partial charge on any atom is 0.307 e. The molecule has 1 aliphatic heterocycles. The van der Waals surface area contributed by atoms with E-state index in [4.69, 9.17) is 5.11 Å². The molecule has 22 heavy (non-hydrogen) atoms. The van der Waals surface area contributed by atoms with Gasteiger partial charge < -0.3 is 10.0 Å². The number of carboxylic acids is 1. The van der Waals surface area contributed by atoms with Crippen molar-refractivity contribution in [2.24, 2.45) is 11.3 Å². The number of thiophene rings is 1. The van der Waals surface area contributed by atoms with Gasteiger partial charge in [-0.2, -0.15) is 0 Å². The van der Waals surface area contributed by atoms with Crippen LogP contribution in [-0.4, -0.2) is 35.0 Å². The minimum atomic E-state index is -0.660. The fourth-order valence-corrected chi connectivity index (χ4v) is 5.37. The van der Waals surface area contributed by atoms with Gasteiger partial charge >= 0.3 is 5.97 Å². The molecule has 4 nitrogen and oxygen atoms in total. The minimum Gasteiger partial charge on any atom is -0.481 e. The Kier molecular flexibility index (Phi) is 3.29. The maximum absolute atomic E-state index is 12.8. The van der Waals surface area contributed by atoms with E-state index in [0.29, 0.717) is 13.1 Å². The number of rotatable bonds is 2. The Labute approximate surface area is 134 Å². The van der Waals surface area contributed by atoms with E-state index in [-0.39, 0.29) is 17.2 Å². The summed E-state index contributed by atoms with van der Waals surface area (Å²) in [5.41, 5.74) is 2.20. The Morgan fingerprint density at radius 3 is 2.64 bits per heavy atom. The lowest BCUT2D eigenvalue weighted by Gasteiger charge is -2.33. The van der Waals surface area contributed by atoms with E-state index < -0.39 is 5.97 Å². The van der Waals surface area contributed by atoms with Gasteiger partial charge in [0.25, 0.3) is 5.91 Å². The van der Waals surface area contributed by atoms with Crippen LogP contribution in [-0.2, 0) is 17.6 Å². The number of hydrogen-bond acceptors (Lipinski definition) is 3. The van der Waals surface area contributed by atoms with Gasteiger partial charge in [-0.05, 0) is 55.9 Å². The Bertz CT molecular complexity index is 628. The van der Waals surface area contributed by atoms with Crippen molar-refractivity contribution in [3.8, 4) is 0 Å². The Morgan fingerprint density at radius 1 is 1.23 bits per heavy atom. The Morgan fingerprint density at radius 2 is 1.95 bits per heavy atom. The summed E-state index contributed by atoms with van der Waals surface area (Å²) in [6.45, 7) is 1.43. The first-order chi connectivity index (χ1) is 10.6. The molecule has 2 aliphatic carbocycles. The second-order valence-corrected chi connectivity index (χ2v) is 7.97. The molecule has 1 amide bonds. The van der Waals surface area contributed by atoms with Gasteiger partial charge in [0, 0.05) is 23.3 Å². The third-order valence-electron chi connectivity index (χ3n) is 5.83. The van der Waals surface area contributed by atoms with E-state index in [2.05, 4.69) is 0 Å². The molecule has 1 N–H and O–H groups in total. The highest BCUT2D eigenvalue weighted by molar-refractivity contribution is 7.10. The Balaban J connectivity index is 1.45. The molecular formula is C17H21NO3S. The van der Waals surface area contributed by atoms with Gasteiger partial charge in [0.1, 0.15) is 0 Å². The van der Waals surface area contributed by atoms with Crippen LogP contribution in [0.15, 0.2) is 5.38 Å². The highest BCUT2D eigenvalue weighted by atomic mass is 32.1. The van der Waals surface area contributed by atoms with Crippen LogP contribution in [0.4, 0.5) is 0 Å². The van der Waals surface area contributed by atoms with Crippen molar-refractivity contribution in [2.75, 3.05) is 13.1 Å². The van der Waals surface area contributed by atoms with E-state index in [1.807, 2.05) is 10.3 Å². The number of carbonyl (C=O) groups is 2. The first-order valence-electron chi connectivity index (χ1n) is 8.22. The molecule has 1 spiro atoms. The van der Waals surface area contributed by atoms with Gasteiger partial charge in [0.2, 0.25) is 0 Å². The van der Waals surface area contributed by atoms with Gasteiger partial charge in [-0.3, -0.25) is 9.59 Å². The van der Waals surface area contributed by atoms with Crippen LogP contribution in [0, 0.1) is 11.3 Å². The van der Waals surface area contributed by atoms with Crippen molar-refractivity contribution in [1.29, 1.82) is 0 Å².